The van der Waals surface area contributed by atoms with Crippen molar-refractivity contribution in [2.24, 2.45) is 0 Å². The second kappa shape index (κ2) is 5.36. The molecule has 0 atom stereocenters. The van der Waals surface area contributed by atoms with Gasteiger partial charge in [0.2, 0.25) is 0 Å². The molecule has 0 unspecified atom stereocenters. The number of para-hydroxylation sites is 2. The molecule has 5 nitrogen and oxygen atoms in total. The van der Waals surface area contributed by atoms with E-state index in [2.05, 4.69) is 10.2 Å². The zero-order valence-electron chi connectivity index (χ0n) is 10.6. The third kappa shape index (κ3) is 2.29. The Morgan fingerprint density at radius 1 is 0.800 bits per heavy atom. The van der Waals surface area contributed by atoms with Gasteiger partial charge in [-0.25, -0.2) is 4.79 Å². The predicted octanol–water partition coefficient (Wildman–Crippen LogP) is 3.08. The Morgan fingerprint density at radius 2 is 1.25 bits per heavy atom. The third-order valence-electron chi connectivity index (χ3n) is 2.81. The van der Waals surface area contributed by atoms with Crippen molar-refractivity contribution in [3.63, 3.8) is 0 Å². The van der Waals surface area contributed by atoms with Crippen molar-refractivity contribution in [1.82, 2.24) is 15.0 Å². The van der Waals surface area contributed by atoms with E-state index in [-0.39, 0.29) is 6.03 Å². The lowest BCUT2D eigenvalue weighted by Gasteiger charge is -2.21. The largest absolute Gasteiger partial charge is 0.371 e. The van der Waals surface area contributed by atoms with Crippen LogP contribution in [0.15, 0.2) is 73.1 Å². The molecule has 0 aliphatic carbocycles. The van der Waals surface area contributed by atoms with E-state index in [1.807, 2.05) is 60.7 Å². The fourth-order valence-electron chi connectivity index (χ4n) is 1.93. The summed E-state index contributed by atoms with van der Waals surface area (Å²) in [6.07, 6.45) is 2.96. The van der Waals surface area contributed by atoms with Gasteiger partial charge in [0.05, 0.1) is 23.8 Å². The molecule has 2 aromatic carbocycles. The SMILES string of the molecule is O=C(N(c1ccccc1)c1ccccc1)n1nccn1. The topological polar surface area (TPSA) is 51.0 Å². The number of nitrogens with zero attached hydrogens (tertiary/aromatic N) is 4. The molecule has 98 valence electrons. The van der Waals surface area contributed by atoms with E-state index >= 15 is 0 Å². The lowest BCUT2D eigenvalue weighted by molar-refractivity contribution is 0.244. The normalized spacial score (nSPS) is 10.2. The van der Waals surface area contributed by atoms with Crippen LogP contribution in [0.25, 0.3) is 0 Å². The van der Waals surface area contributed by atoms with E-state index in [4.69, 9.17) is 0 Å². The van der Waals surface area contributed by atoms with Crippen LogP contribution in [0.3, 0.4) is 0 Å². The monoisotopic (exact) mass is 264 g/mol. The number of carbonyl (C=O) groups excluding carboxylic acids is 1. The highest BCUT2D eigenvalue weighted by Crippen LogP contribution is 2.25. The van der Waals surface area contributed by atoms with Gasteiger partial charge >= 0.3 is 6.03 Å². The van der Waals surface area contributed by atoms with E-state index < -0.39 is 0 Å². The van der Waals surface area contributed by atoms with Gasteiger partial charge in [0.25, 0.3) is 0 Å². The van der Waals surface area contributed by atoms with Crippen molar-refractivity contribution in [3.05, 3.63) is 73.1 Å². The quantitative estimate of drug-likeness (QED) is 0.714. The average Bonchev–Trinajstić information content (AvgIpc) is 3.04. The molecule has 0 radical (unpaired) electrons. The highest BCUT2D eigenvalue weighted by Gasteiger charge is 2.20. The van der Waals surface area contributed by atoms with Crippen molar-refractivity contribution in [2.45, 2.75) is 0 Å². The van der Waals surface area contributed by atoms with Crippen LogP contribution >= 0.6 is 0 Å². The van der Waals surface area contributed by atoms with Crippen LogP contribution in [-0.2, 0) is 0 Å². The number of carbonyl (C=O) groups is 1. The third-order valence-corrected chi connectivity index (χ3v) is 2.81. The summed E-state index contributed by atoms with van der Waals surface area (Å²) < 4.78 is 0. The summed E-state index contributed by atoms with van der Waals surface area (Å²) in [5, 5.41) is 7.80. The number of anilines is 2. The van der Waals surface area contributed by atoms with Gasteiger partial charge in [-0.3, -0.25) is 4.90 Å². The van der Waals surface area contributed by atoms with E-state index in [9.17, 15) is 4.79 Å². The molecular formula is C15H12N4O. The lowest BCUT2D eigenvalue weighted by atomic mass is 10.2. The van der Waals surface area contributed by atoms with Crippen molar-refractivity contribution in [1.29, 1.82) is 0 Å². The zero-order chi connectivity index (χ0) is 13.8. The van der Waals surface area contributed by atoms with Crippen molar-refractivity contribution < 1.29 is 4.79 Å². The molecule has 0 saturated carbocycles. The molecule has 0 saturated heterocycles. The maximum absolute atomic E-state index is 12.6. The van der Waals surface area contributed by atoms with E-state index in [0.29, 0.717) is 0 Å². The van der Waals surface area contributed by atoms with Crippen LogP contribution in [-0.4, -0.2) is 21.0 Å². The molecule has 0 N–H and O–H groups in total. The Bertz CT molecular complexity index is 641. The highest BCUT2D eigenvalue weighted by molar-refractivity contribution is 5.99. The molecule has 5 heteroatoms. The summed E-state index contributed by atoms with van der Waals surface area (Å²) in [6, 6.07) is 18.5. The minimum atomic E-state index is -0.326. The fourth-order valence-corrected chi connectivity index (χ4v) is 1.93. The molecular weight excluding hydrogens is 252 g/mol. The second-order valence-electron chi connectivity index (χ2n) is 4.11. The number of hydrogen-bond acceptors (Lipinski definition) is 3. The minimum absolute atomic E-state index is 0.326. The van der Waals surface area contributed by atoms with Crippen molar-refractivity contribution in [2.75, 3.05) is 4.90 Å². The molecule has 3 aromatic rings. The first-order valence-corrected chi connectivity index (χ1v) is 6.17. The van der Waals surface area contributed by atoms with Crippen LogP contribution in [0.1, 0.15) is 0 Å². The summed E-state index contributed by atoms with van der Waals surface area (Å²) in [7, 11) is 0. The highest BCUT2D eigenvalue weighted by atomic mass is 16.2. The molecule has 0 fully saturated rings. The molecule has 0 bridgehead atoms. The first kappa shape index (κ1) is 12.1. The number of aromatic nitrogens is 3. The summed E-state index contributed by atoms with van der Waals surface area (Å²) >= 11 is 0. The zero-order valence-corrected chi connectivity index (χ0v) is 10.6. The Kier molecular flexibility index (Phi) is 3.24. The Labute approximate surface area is 116 Å². The molecule has 20 heavy (non-hydrogen) atoms. The van der Waals surface area contributed by atoms with Gasteiger partial charge in [-0.15, -0.1) is 0 Å². The van der Waals surface area contributed by atoms with Gasteiger partial charge in [0, 0.05) is 0 Å². The van der Waals surface area contributed by atoms with Gasteiger partial charge in [0.15, 0.2) is 0 Å². The second-order valence-corrected chi connectivity index (χ2v) is 4.11. The van der Waals surface area contributed by atoms with Crippen LogP contribution in [0.4, 0.5) is 16.2 Å². The Hall–Kier alpha value is -2.95. The first-order chi connectivity index (χ1) is 9.86. The molecule has 1 aromatic heterocycles. The molecule has 0 aliphatic heterocycles. The summed E-state index contributed by atoms with van der Waals surface area (Å²) in [5.41, 5.74) is 1.53. The van der Waals surface area contributed by atoms with Gasteiger partial charge in [-0.1, -0.05) is 41.2 Å². The lowest BCUT2D eigenvalue weighted by Crippen LogP contribution is -2.32. The van der Waals surface area contributed by atoms with Crippen LogP contribution in [0.5, 0.6) is 0 Å². The van der Waals surface area contributed by atoms with Crippen LogP contribution in [0, 0.1) is 0 Å². The van der Waals surface area contributed by atoms with Gasteiger partial charge in [0.1, 0.15) is 0 Å². The molecule has 3 rings (SSSR count). The maximum Gasteiger partial charge on any atom is 0.371 e. The van der Waals surface area contributed by atoms with Crippen LogP contribution < -0.4 is 4.90 Å². The molecule has 0 aliphatic rings. The number of amides is 1. The van der Waals surface area contributed by atoms with Gasteiger partial charge < -0.3 is 0 Å². The predicted molar refractivity (Wildman–Crippen MR) is 75.8 cm³/mol. The van der Waals surface area contributed by atoms with Crippen LogP contribution in [0.2, 0.25) is 0 Å². The first-order valence-electron chi connectivity index (χ1n) is 6.17. The maximum atomic E-state index is 12.6. The Morgan fingerprint density at radius 3 is 1.70 bits per heavy atom. The number of benzene rings is 2. The van der Waals surface area contributed by atoms with E-state index in [1.165, 1.54) is 12.4 Å². The molecule has 1 amide bonds. The van der Waals surface area contributed by atoms with Crippen molar-refractivity contribution >= 4 is 17.4 Å². The van der Waals surface area contributed by atoms with E-state index in [0.717, 1.165) is 16.2 Å². The molecule has 0 spiro atoms. The summed E-state index contributed by atoms with van der Waals surface area (Å²) in [6.45, 7) is 0. The summed E-state index contributed by atoms with van der Waals surface area (Å²) in [5.74, 6) is 0. The smallest absolute Gasteiger partial charge is 0.260 e. The summed E-state index contributed by atoms with van der Waals surface area (Å²) in [4.78, 5) is 15.2. The van der Waals surface area contributed by atoms with Gasteiger partial charge in [-0.05, 0) is 24.3 Å². The number of hydrogen-bond donors (Lipinski definition) is 0. The van der Waals surface area contributed by atoms with E-state index in [1.54, 1.807) is 4.90 Å². The van der Waals surface area contributed by atoms with Gasteiger partial charge in [-0.2, -0.15) is 10.2 Å². The molecule has 1 heterocycles. The fraction of sp³-hybridized carbons (Fsp3) is 0. The average molecular weight is 264 g/mol. The number of rotatable bonds is 2. The Balaban J connectivity index is 2.07. The standard InChI is InChI=1S/C15H12N4O/c20-15(19-16-11-12-17-19)18(13-7-3-1-4-8-13)14-9-5-2-6-10-14/h1-12H. The van der Waals surface area contributed by atoms with Crippen molar-refractivity contribution in [3.8, 4) is 0 Å². The minimum Gasteiger partial charge on any atom is -0.260 e.